The van der Waals surface area contributed by atoms with Gasteiger partial charge >= 0.3 is 0 Å². The summed E-state index contributed by atoms with van der Waals surface area (Å²) in [6.07, 6.45) is 4.03. The molecule has 23 heavy (non-hydrogen) atoms. The van der Waals surface area contributed by atoms with E-state index in [-0.39, 0.29) is 24.0 Å². The van der Waals surface area contributed by atoms with E-state index in [9.17, 15) is 0 Å². The fourth-order valence-corrected chi connectivity index (χ4v) is 3.21. The second-order valence-electron chi connectivity index (χ2n) is 5.71. The monoisotopic (exact) mass is 495 g/mol. The van der Waals surface area contributed by atoms with E-state index < -0.39 is 0 Å². The van der Waals surface area contributed by atoms with Crippen molar-refractivity contribution in [2.24, 2.45) is 10.9 Å². The van der Waals surface area contributed by atoms with Gasteiger partial charge in [0.05, 0.1) is 4.47 Å². The molecule has 1 aliphatic heterocycles. The number of halogens is 2. The van der Waals surface area contributed by atoms with Crippen molar-refractivity contribution < 1.29 is 9.47 Å². The number of fused-ring (bicyclic) bond motifs is 1. The average molecular weight is 496 g/mol. The number of nitrogens with one attached hydrogen (secondary N) is 2. The molecule has 3 rings (SSSR count). The first kappa shape index (κ1) is 18.6. The van der Waals surface area contributed by atoms with Gasteiger partial charge in [-0.15, -0.1) is 24.0 Å². The largest absolute Gasteiger partial charge is 0.486 e. The minimum atomic E-state index is 0. The highest BCUT2D eigenvalue weighted by Gasteiger charge is 2.18. The zero-order valence-electron chi connectivity index (χ0n) is 13.2. The number of nitrogens with zero attached hydrogens (tertiary/aromatic N) is 1. The third-order valence-corrected chi connectivity index (χ3v) is 4.71. The first-order chi connectivity index (χ1) is 10.8. The van der Waals surface area contributed by atoms with Crippen molar-refractivity contribution in [3.05, 3.63) is 22.2 Å². The quantitative estimate of drug-likeness (QED) is 0.382. The Morgan fingerprint density at radius 2 is 2.04 bits per heavy atom. The highest BCUT2D eigenvalue weighted by atomic mass is 127. The summed E-state index contributed by atoms with van der Waals surface area (Å²) in [5.41, 5.74) is 1.13. The molecule has 0 spiro atoms. The normalized spacial score (nSPS) is 17.0. The van der Waals surface area contributed by atoms with Crippen molar-refractivity contribution in [2.75, 3.05) is 26.8 Å². The summed E-state index contributed by atoms with van der Waals surface area (Å²) in [7, 11) is 1.80. The van der Waals surface area contributed by atoms with Crippen molar-refractivity contribution in [2.45, 2.75) is 25.8 Å². The molecule has 2 aliphatic rings. The molecule has 0 saturated heterocycles. The number of guanidine groups is 1. The highest BCUT2D eigenvalue weighted by Crippen LogP contribution is 2.38. The van der Waals surface area contributed by atoms with Crippen LogP contribution in [0.25, 0.3) is 0 Å². The Kier molecular flexibility index (Phi) is 7.26. The van der Waals surface area contributed by atoms with E-state index in [1.54, 1.807) is 7.05 Å². The molecule has 1 saturated carbocycles. The zero-order valence-corrected chi connectivity index (χ0v) is 17.1. The second-order valence-corrected chi connectivity index (χ2v) is 6.56. The van der Waals surface area contributed by atoms with Gasteiger partial charge in [0.15, 0.2) is 17.5 Å². The minimum absolute atomic E-state index is 0. The van der Waals surface area contributed by atoms with E-state index in [4.69, 9.17) is 9.47 Å². The Bertz CT molecular complexity index is 565. The van der Waals surface area contributed by atoms with E-state index in [0.717, 1.165) is 40.0 Å². The summed E-state index contributed by atoms with van der Waals surface area (Å²) >= 11 is 3.55. The number of ether oxygens (including phenoxy) is 2. The molecular weight excluding hydrogens is 473 g/mol. The predicted molar refractivity (Wildman–Crippen MR) is 106 cm³/mol. The molecule has 1 aromatic carbocycles. The van der Waals surface area contributed by atoms with Crippen LogP contribution in [-0.2, 0) is 6.54 Å². The molecule has 0 amide bonds. The summed E-state index contributed by atoms with van der Waals surface area (Å²) in [4.78, 5) is 4.27. The topological polar surface area (TPSA) is 54.9 Å². The lowest BCUT2D eigenvalue weighted by atomic mass is 9.85. The van der Waals surface area contributed by atoms with Gasteiger partial charge in [0, 0.05) is 20.1 Å². The minimum Gasteiger partial charge on any atom is -0.486 e. The van der Waals surface area contributed by atoms with Gasteiger partial charge in [-0.25, -0.2) is 0 Å². The van der Waals surface area contributed by atoms with E-state index >= 15 is 0 Å². The Balaban J connectivity index is 0.00000192. The highest BCUT2D eigenvalue weighted by molar-refractivity contribution is 14.0. The molecule has 5 nitrogen and oxygen atoms in total. The van der Waals surface area contributed by atoms with Crippen molar-refractivity contribution in [1.29, 1.82) is 0 Å². The molecule has 1 aliphatic carbocycles. The maximum absolute atomic E-state index is 5.65. The Morgan fingerprint density at radius 1 is 1.26 bits per heavy atom. The molecule has 1 aromatic rings. The Labute approximate surface area is 162 Å². The number of hydrogen-bond acceptors (Lipinski definition) is 3. The summed E-state index contributed by atoms with van der Waals surface area (Å²) in [5.74, 6) is 3.25. The Hall–Kier alpha value is -0.700. The van der Waals surface area contributed by atoms with Crippen LogP contribution >= 0.6 is 39.9 Å². The van der Waals surface area contributed by atoms with Crippen molar-refractivity contribution >= 4 is 45.9 Å². The van der Waals surface area contributed by atoms with Crippen LogP contribution in [0, 0.1) is 5.92 Å². The standard InChI is InChI=1S/C16H22BrN3O2.HI/c1-18-16(19-9-11-3-2-4-11)20-10-12-7-13(17)15-14(8-12)21-5-6-22-15;/h7-8,11H,2-6,9-10H2,1H3,(H2,18,19,20);1H. The van der Waals surface area contributed by atoms with Gasteiger partial charge in [-0.05, 0) is 52.4 Å². The smallest absolute Gasteiger partial charge is 0.191 e. The molecule has 0 aromatic heterocycles. The van der Waals surface area contributed by atoms with Crippen LogP contribution in [0.1, 0.15) is 24.8 Å². The van der Waals surface area contributed by atoms with Crippen LogP contribution in [0.4, 0.5) is 0 Å². The van der Waals surface area contributed by atoms with Gasteiger partial charge < -0.3 is 20.1 Å². The summed E-state index contributed by atoms with van der Waals surface area (Å²) in [6, 6.07) is 4.07. The molecule has 0 radical (unpaired) electrons. The summed E-state index contributed by atoms with van der Waals surface area (Å²) in [5, 5.41) is 6.73. The molecule has 2 N–H and O–H groups in total. The van der Waals surface area contributed by atoms with Crippen molar-refractivity contribution in [1.82, 2.24) is 10.6 Å². The SMILES string of the molecule is CN=C(NCc1cc(Br)c2c(c1)OCCO2)NCC1CCC1.I. The maximum atomic E-state index is 5.65. The lowest BCUT2D eigenvalue weighted by molar-refractivity contribution is 0.170. The van der Waals surface area contributed by atoms with Crippen LogP contribution in [-0.4, -0.2) is 32.8 Å². The third-order valence-electron chi connectivity index (χ3n) is 4.12. The van der Waals surface area contributed by atoms with Crippen molar-refractivity contribution in [3.8, 4) is 11.5 Å². The summed E-state index contributed by atoms with van der Waals surface area (Å²) in [6.45, 7) is 2.89. The van der Waals surface area contributed by atoms with Gasteiger partial charge in [-0.3, -0.25) is 4.99 Å². The lowest BCUT2D eigenvalue weighted by Gasteiger charge is -2.26. The fraction of sp³-hybridized carbons (Fsp3) is 0.562. The molecule has 7 heteroatoms. The van der Waals surface area contributed by atoms with E-state index in [1.165, 1.54) is 19.3 Å². The van der Waals surface area contributed by atoms with E-state index in [1.807, 2.05) is 6.07 Å². The van der Waals surface area contributed by atoms with Gasteiger partial charge in [-0.2, -0.15) is 0 Å². The van der Waals surface area contributed by atoms with Gasteiger partial charge in [-0.1, -0.05) is 6.42 Å². The van der Waals surface area contributed by atoms with Crippen LogP contribution in [0.3, 0.4) is 0 Å². The zero-order chi connectivity index (χ0) is 15.4. The fourth-order valence-electron chi connectivity index (χ4n) is 2.61. The van der Waals surface area contributed by atoms with E-state index in [0.29, 0.717) is 19.8 Å². The van der Waals surface area contributed by atoms with E-state index in [2.05, 4.69) is 37.6 Å². The lowest BCUT2D eigenvalue weighted by Crippen LogP contribution is -2.40. The average Bonchev–Trinajstić information content (AvgIpc) is 2.49. The third kappa shape index (κ3) is 4.89. The predicted octanol–water partition coefficient (Wildman–Crippen LogP) is 3.30. The van der Waals surface area contributed by atoms with Crippen molar-refractivity contribution in [3.63, 3.8) is 0 Å². The molecule has 0 bridgehead atoms. The molecule has 1 heterocycles. The first-order valence-electron chi connectivity index (χ1n) is 7.79. The number of benzene rings is 1. The maximum Gasteiger partial charge on any atom is 0.191 e. The van der Waals surface area contributed by atoms with Gasteiger partial charge in [0.25, 0.3) is 0 Å². The molecular formula is C16H23BrIN3O2. The van der Waals surface area contributed by atoms with Crippen LogP contribution in [0.5, 0.6) is 11.5 Å². The number of hydrogen-bond donors (Lipinski definition) is 2. The molecule has 128 valence electrons. The van der Waals surface area contributed by atoms with Crippen LogP contribution < -0.4 is 20.1 Å². The number of aliphatic imine (C=N–C) groups is 1. The molecule has 0 atom stereocenters. The second kappa shape index (κ2) is 8.96. The van der Waals surface area contributed by atoms with Crippen LogP contribution in [0.2, 0.25) is 0 Å². The first-order valence-corrected chi connectivity index (χ1v) is 8.58. The Morgan fingerprint density at radius 3 is 2.74 bits per heavy atom. The summed E-state index contributed by atoms with van der Waals surface area (Å²) < 4.78 is 12.2. The van der Waals surface area contributed by atoms with Gasteiger partial charge in [0.2, 0.25) is 0 Å². The molecule has 0 unspecified atom stereocenters. The van der Waals surface area contributed by atoms with Crippen LogP contribution in [0.15, 0.2) is 21.6 Å². The number of rotatable bonds is 4. The molecule has 1 fully saturated rings. The van der Waals surface area contributed by atoms with Gasteiger partial charge in [0.1, 0.15) is 13.2 Å².